The Morgan fingerprint density at radius 1 is 1.28 bits per heavy atom. The molecule has 0 fully saturated rings. The highest BCUT2D eigenvalue weighted by atomic mass is 35.5. The molecule has 10 heteroatoms. The molecule has 0 aliphatic rings. The monoisotopic (exact) mass is 390 g/mol. The largest absolute Gasteiger partial charge is 0.330 e. The van der Waals surface area contributed by atoms with Crippen molar-refractivity contribution in [1.29, 1.82) is 0 Å². The second-order valence-corrected chi connectivity index (χ2v) is 7.49. The van der Waals surface area contributed by atoms with E-state index in [0.717, 1.165) is 18.9 Å². The summed E-state index contributed by atoms with van der Waals surface area (Å²) >= 11 is 6.03. The van der Waals surface area contributed by atoms with Gasteiger partial charge in [-0.25, -0.2) is 13.1 Å². The molecule has 0 unspecified atom stereocenters. The summed E-state index contributed by atoms with van der Waals surface area (Å²) in [6.45, 7) is 2.07. The third-order valence-electron chi connectivity index (χ3n) is 3.38. The van der Waals surface area contributed by atoms with Crippen molar-refractivity contribution in [2.75, 3.05) is 11.9 Å². The molecule has 1 aromatic rings. The van der Waals surface area contributed by atoms with Gasteiger partial charge in [-0.3, -0.25) is 9.59 Å². The molecule has 0 saturated heterocycles. The molecular weight excluding hydrogens is 368 g/mol. The molecule has 140 valence electrons. The molecule has 1 rings (SSSR count). The molecule has 0 aliphatic carbocycles. The maximum Gasteiger partial charge on any atom is 0.264 e. The topological polar surface area (TPSA) is 144 Å². The van der Waals surface area contributed by atoms with Gasteiger partial charge in [-0.1, -0.05) is 24.9 Å². The number of amides is 2. The lowest BCUT2D eigenvalue weighted by Gasteiger charge is -2.14. The lowest BCUT2D eigenvalue weighted by molar-refractivity contribution is -0.119. The van der Waals surface area contributed by atoms with E-state index in [0.29, 0.717) is 13.0 Å². The highest BCUT2D eigenvalue weighted by molar-refractivity contribution is 7.90. The number of rotatable bonds is 9. The van der Waals surface area contributed by atoms with Gasteiger partial charge in [0, 0.05) is 6.42 Å². The fourth-order valence-corrected chi connectivity index (χ4v) is 3.29. The third-order valence-corrected chi connectivity index (χ3v) is 5.07. The van der Waals surface area contributed by atoms with Crippen LogP contribution in [0.15, 0.2) is 23.1 Å². The van der Waals surface area contributed by atoms with Crippen LogP contribution in [0.5, 0.6) is 0 Å². The van der Waals surface area contributed by atoms with Crippen LogP contribution in [0, 0.1) is 0 Å². The summed E-state index contributed by atoms with van der Waals surface area (Å²) < 4.78 is 26.0. The molecule has 1 atom stereocenters. The van der Waals surface area contributed by atoms with Crippen molar-refractivity contribution in [1.82, 2.24) is 4.72 Å². The number of nitrogens with two attached hydrogens (primary N) is 2. The van der Waals surface area contributed by atoms with E-state index < -0.39 is 27.9 Å². The summed E-state index contributed by atoms with van der Waals surface area (Å²) in [5.74, 6) is -1.05. The van der Waals surface area contributed by atoms with Crippen molar-refractivity contribution in [2.24, 2.45) is 11.5 Å². The molecule has 2 amide bonds. The number of halogens is 1. The van der Waals surface area contributed by atoms with Crippen LogP contribution in [0.25, 0.3) is 0 Å². The van der Waals surface area contributed by atoms with Crippen LogP contribution in [0.4, 0.5) is 5.69 Å². The smallest absolute Gasteiger partial charge is 0.264 e. The van der Waals surface area contributed by atoms with Crippen LogP contribution in [-0.4, -0.2) is 32.8 Å². The summed E-state index contributed by atoms with van der Waals surface area (Å²) in [5.41, 5.74) is 11.4. The van der Waals surface area contributed by atoms with Crippen LogP contribution in [0.1, 0.15) is 32.6 Å². The summed E-state index contributed by atoms with van der Waals surface area (Å²) in [5, 5.41) is 2.58. The van der Waals surface area contributed by atoms with Crippen molar-refractivity contribution in [3.05, 3.63) is 23.2 Å². The first-order valence-corrected chi connectivity index (χ1v) is 9.69. The van der Waals surface area contributed by atoms with Crippen molar-refractivity contribution in [2.45, 2.75) is 43.5 Å². The van der Waals surface area contributed by atoms with Crippen molar-refractivity contribution in [3.8, 4) is 0 Å². The van der Waals surface area contributed by atoms with Gasteiger partial charge in [0.25, 0.3) is 10.0 Å². The number of nitrogens with one attached hydrogen (secondary N) is 2. The minimum Gasteiger partial charge on any atom is -0.330 e. The van der Waals surface area contributed by atoms with Gasteiger partial charge in [-0.2, -0.15) is 0 Å². The highest BCUT2D eigenvalue weighted by Crippen LogP contribution is 2.25. The van der Waals surface area contributed by atoms with Gasteiger partial charge < -0.3 is 16.8 Å². The zero-order chi connectivity index (χ0) is 19.0. The molecule has 6 N–H and O–H groups in total. The summed E-state index contributed by atoms with van der Waals surface area (Å²) in [6.07, 6.45) is 2.02. The Bertz CT molecular complexity index is 724. The van der Waals surface area contributed by atoms with Gasteiger partial charge in [0.1, 0.15) is 0 Å². The number of carbonyl (C=O) groups is 2. The van der Waals surface area contributed by atoms with Gasteiger partial charge in [0.05, 0.1) is 21.6 Å². The van der Waals surface area contributed by atoms with Crippen LogP contribution >= 0.6 is 11.6 Å². The summed E-state index contributed by atoms with van der Waals surface area (Å²) in [7, 11) is -4.00. The lowest BCUT2D eigenvalue weighted by atomic mass is 10.1. The second-order valence-electron chi connectivity index (χ2n) is 5.40. The number of anilines is 1. The highest BCUT2D eigenvalue weighted by Gasteiger charge is 2.19. The van der Waals surface area contributed by atoms with Crippen molar-refractivity contribution in [3.63, 3.8) is 0 Å². The van der Waals surface area contributed by atoms with E-state index >= 15 is 0 Å². The average Bonchev–Trinajstić information content (AvgIpc) is 2.56. The van der Waals surface area contributed by atoms with Crippen LogP contribution in [-0.2, 0) is 19.6 Å². The van der Waals surface area contributed by atoms with Gasteiger partial charge in [-0.15, -0.1) is 0 Å². The average molecular weight is 391 g/mol. The maximum atomic E-state index is 12.0. The maximum absolute atomic E-state index is 12.0. The Kier molecular flexibility index (Phi) is 8.30. The first kappa shape index (κ1) is 21.4. The number of benzene rings is 1. The number of sulfonamides is 1. The summed E-state index contributed by atoms with van der Waals surface area (Å²) in [4.78, 5) is 23.1. The van der Waals surface area contributed by atoms with Crippen molar-refractivity contribution < 1.29 is 18.0 Å². The van der Waals surface area contributed by atoms with Crippen molar-refractivity contribution >= 4 is 39.1 Å². The Balaban J connectivity index is 2.82. The first-order valence-electron chi connectivity index (χ1n) is 7.83. The SMILES string of the molecule is CCC(=O)NS(=O)(=O)c1ccc(NC(=O)[C@@H](N)CCCCN)c(Cl)c1. The van der Waals surface area contributed by atoms with Gasteiger partial charge in [0.15, 0.2) is 0 Å². The van der Waals surface area contributed by atoms with Crippen LogP contribution in [0.2, 0.25) is 5.02 Å². The zero-order valence-corrected chi connectivity index (χ0v) is 15.5. The number of unbranched alkanes of at least 4 members (excludes halogenated alkanes) is 1. The molecule has 0 aliphatic heterocycles. The third kappa shape index (κ3) is 6.62. The predicted molar refractivity (Wildman–Crippen MR) is 96.6 cm³/mol. The fourth-order valence-electron chi connectivity index (χ4n) is 1.91. The van der Waals surface area contributed by atoms with Crippen LogP contribution < -0.4 is 21.5 Å². The van der Waals surface area contributed by atoms with Gasteiger partial charge in [0.2, 0.25) is 11.8 Å². The van der Waals surface area contributed by atoms with Gasteiger partial charge in [-0.05, 0) is 37.6 Å². The minimum atomic E-state index is -4.00. The van der Waals surface area contributed by atoms with E-state index in [9.17, 15) is 18.0 Å². The van der Waals surface area contributed by atoms with E-state index in [4.69, 9.17) is 23.1 Å². The number of carbonyl (C=O) groups excluding carboxylic acids is 2. The molecular formula is C15H23ClN4O4S. The summed E-state index contributed by atoms with van der Waals surface area (Å²) in [6, 6.07) is 3.03. The first-order chi connectivity index (χ1) is 11.7. The lowest BCUT2D eigenvalue weighted by Crippen LogP contribution is -2.35. The van der Waals surface area contributed by atoms with Gasteiger partial charge >= 0.3 is 0 Å². The molecule has 0 heterocycles. The normalized spacial score (nSPS) is 12.5. The Labute approximate surface area is 152 Å². The fraction of sp³-hybridized carbons (Fsp3) is 0.467. The molecule has 8 nitrogen and oxygen atoms in total. The van der Waals surface area contributed by atoms with E-state index in [1.54, 1.807) is 0 Å². The molecule has 0 aromatic heterocycles. The zero-order valence-electron chi connectivity index (χ0n) is 13.9. The molecule has 0 saturated carbocycles. The quantitative estimate of drug-likeness (QED) is 0.462. The predicted octanol–water partition coefficient (Wildman–Crippen LogP) is 0.950. The molecule has 1 aromatic carbocycles. The molecule has 0 spiro atoms. The van der Waals surface area contributed by atoms with E-state index in [2.05, 4.69) is 5.32 Å². The molecule has 0 bridgehead atoms. The standard InChI is InChI=1S/C15H23ClN4O4S/c1-2-14(21)20-25(23,24)10-6-7-13(11(16)9-10)19-15(22)12(18)5-3-4-8-17/h6-7,9,12H,2-5,8,17-18H2,1H3,(H,19,22)(H,20,21)/t12-/m0/s1. The van der Waals surface area contributed by atoms with Crippen LogP contribution in [0.3, 0.4) is 0 Å². The second kappa shape index (κ2) is 9.71. The Hall–Kier alpha value is -1.68. The number of hydrogen-bond acceptors (Lipinski definition) is 6. The molecule has 25 heavy (non-hydrogen) atoms. The Morgan fingerprint density at radius 2 is 1.96 bits per heavy atom. The number of hydrogen-bond donors (Lipinski definition) is 4. The molecule has 0 radical (unpaired) electrons. The van der Waals surface area contributed by atoms with E-state index in [1.807, 2.05) is 4.72 Å². The van der Waals surface area contributed by atoms with E-state index in [1.165, 1.54) is 19.1 Å². The Morgan fingerprint density at radius 3 is 2.52 bits per heavy atom. The van der Waals surface area contributed by atoms with E-state index in [-0.39, 0.29) is 22.0 Å². The minimum absolute atomic E-state index is 0.0225.